The van der Waals surface area contributed by atoms with Crippen LogP contribution in [-0.2, 0) is 6.54 Å². The molecular weight excluding hydrogens is 208 g/mol. The largest absolute Gasteiger partial charge is 0.312 e. The van der Waals surface area contributed by atoms with Crippen LogP contribution in [0.5, 0.6) is 0 Å². The maximum Gasteiger partial charge on any atom is 0.0230 e. The Balaban J connectivity index is 2.16. The first kappa shape index (κ1) is 14.2. The molecule has 0 amide bonds. The first-order valence-corrected chi connectivity index (χ1v) is 6.45. The zero-order valence-corrected chi connectivity index (χ0v) is 11.7. The van der Waals surface area contributed by atoms with E-state index in [1.165, 1.54) is 12.0 Å². The van der Waals surface area contributed by atoms with Gasteiger partial charge < -0.3 is 10.2 Å². The molecule has 0 radical (unpaired) electrons. The Morgan fingerprint density at radius 3 is 2.35 bits per heavy atom. The van der Waals surface area contributed by atoms with Gasteiger partial charge in [-0.15, -0.1) is 0 Å². The molecule has 96 valence electrons. The van der Waals surface area contributed by atoms with Crippen molar-refractivity contribution in [3.63, 3.8) is 0 Å². The summed E-state index contributed by atoms with van der Waals surface area (Å²) in [5, 5.41) is 3.51. The smallest absolute Gasteiger partial charge is 0.0230 e. The van der Waals surface area contributed by atoms with Crippen LogP contribution in [0.25, 0.3) is 0 Å². The predicted molar refractivity (Wildman–Crippen MR) is 75.1 cm³/mol. The Hall–Kier alpha value is -0.860. The van der Waals surface area contributed by atoms with Crippen LogP contribution in [0.4, 0.5) is 0 Å². The lowest BCUT2D eigenvalue weighted by molar-refractivity contribution is 0.310. The van der Waals surface area contributed by atoms with Crippen molar-refractivity contribution < 1.29 is 0 Å². The molecule has 0 aliphatic rings. The van der Waals surface area contributed by atoms with Crippen molar-refractivity contribution >= 4 is 0 Å². The SMILES string of the molecule is CN(CCCNC(C)(C)C)Cc1ccccc1. The molecule has 17 heavy (non-hydrogen) atoms. The molecule has 0 spiro atoms. The number of hydrogen-bond donors (Lipinski definition) is 1. The minimum absolute atomic E-state index is 0.234. The van der Waals surface area contributed by atoms with Crippen molar-refractivity contribution in [1.82, 2.24) is 10.2 Å². The Labute approximate surface area is 106 Å². The van der Waals surface area contributed by atoms with Crippen molar-refractivity contribution in [3.05, 3.63) is 35.9 Å². The molecule has 0 saturated heterocycles. The van der Waals surface area contributed by atoms with Crippen LogP contribution in [0, 0.1) is 0 Å². The minimum Gasteiger partial charge on any atom is -0.312 e. The van der Waals surface area contributed by atoms with Crippen molar-refractivity contribution in [1.29, 1.82) is 0 Å². The van der Waals surface area contributed by atoms with E-state index in [-0.39, 0.29) is 5.54 Å². The summed E-state index contributed by atoms with van der Waals surface area (Å²) in [6, 6.07) is 10.6. The van der Waals surface area contributed by atoms with E-state index in [4.69, 9.17) is 0 Å². The Morgan fingerprint density at radius 2 is 1.76 bits per heavy atom. The fourth-order valence-electron chi connectivity index (χ4n) is 1.79. The second-order valence-corrected chi connectivity index (χ2v) is 5.75. The Bertz CT molecular complexity index is 300. The first-order valence-electron chi connectivity index (χ1n) is 6.45. The highest BCUT2D eigenvalue weighted by molar-refractivity contribution is 5.14. The lowest BCUT2D eigenvalue weighted by atomic mass is 10.1. The number of benzene rings is 1. The van der Waals surface area contributed by atoms with Gasteiger partial charge in [0.25, 0.3) is 0 Å². The zero-order chi connectivity index (χ0) is 12.7. The summed E-state index contributed by atoms with van der Waals surface area (Å²) >= 11 is 0. The lowest BCUT2D eigenvalue weighted by Gasteiger charge is -2.22. The molecule has 0 aliphatic heterocycles. The molecule has 0 fully saturated rings. The maximum atomic E-state index is 3.51. The summed E-state index contributed by atoms with van der Waals surface area (Å²) in [5.74, 6) is 0. The van der Waals surface area contributed by atoms with E-state index in [0.29, 0.717) is 0 Å². The molecule has 2 nitrogen and oxygen atoms in total. The Morgan fingerprint density at radius 1 is 1.12 bits per heavy atom. The van der Waals surface area contributed by atoms with Gasteiger partial charge in [0.1, 0.15) is 0 Å². The molecule has 2 heteroatoms. The topological polar surface area (TPSA) is 15.3 Å². The summed E-state index contributed by atoms with van der Waals surface area (Å²) in [4.78, 5) is 2.37. The molecule has 0 aromatic heterocycles. The number of hydrogen-bond acceptors (Lipinski definition) is 2. The molecule has 0 atom stereocenters. The minimum atomic E-state index is 0.234. The van der Waals surface area contributed by atoms with Gasteiger partial charge >= 0.3 is 0 Å². The second-order valence-electron chi connectivity index (χ2n) is 5.75. The molecule has 1 aromatic rings. The van der Waals surface area contributed by atoms with Crippen LogP contribution in [0.3, 0.4) is 0 Å². The van der Waals surface area contributed by atoms with Gasteiger partial charge in [0.15, 0.2) is 0 Å². The molecule has 1 rings (SSSR count). The fraction of sp³-hybridized carbons (Fsp3) is 0.600. The third-order valence-corrected chi connectivity index (χ3v) is 2.67. The number of rotatable bonds is 6. The molecule has 0 unspecified atom stereocenters. The highest BCUT2D eigenvalue weighted by Crippen LogP contribution is 2.03. The van der Waals surface area contributed by atoms with E-state index >= 15 is 0 Å². The van der Waals surface area contributed by atoms with Crippen molar-refractivity contribution in [2.24, 2.45) is 0 Å². The van der Waals surface area contributed by atoms with Gasteiger partial charge in [-0.1, -0.05) is 30.3 Å². The summed E-state index contributed by atoms with van der Waals surface area (Å²) < 4.78 is 0. The fourth-order valence-corrected chi connectivity index (χ4v) is 1.79. The van der Waals surface area contributed by atoms with E-state index in [0.717, 1.165) is 19.6 Å². The molecule has 0 heterocycles. The summed E-state index contributed by atoms with van der Waals surface area (Å²) in [7, 11) is 2.18. The van der Waals surface area contributed by atoms with Crippen LogP contribution in [-0.4, -0.2) is 30.6 Å². The lowest BCUT2D eigenvalue weighted by Crippen LogP contribution is -2.37. The molecule has 1 N–H and O–H groups in total. The zero-order valence-electron chi connectivity index (χ0n) is 11.7. The van der Waals surface area contributed by atoms with Gasteiger partial charge in [-0.3, -0.25) is 0 Å². The van der Waals surface area contributed by atoms with Gasteiger partial charge in [-0.2, -0.15) is 0 Å². The third kappa shape index (κ3) is 7.14. The van der Waals surface area contributed by atoms with E-state index < -0.39 is 0 Å². The van der Waals surface area contributed by atoms with Crippen molar-refractivity contribution in [2.75, 3.05) is 20.1 Å². The standard InChI is InChI=1S/C15H26N2/c1-15(2,3)16-11-8-12-17(4)13-14-9-6-5-7-10-14/h5-7,9-10,16H,8,11-13H2,1-4H3. The van der Waals surface area contributed by atoms with Gasteiger partial charge in [0.2, 0.25) is 0 Å². The highest BCUT2D eigenvalue weighted by Gasteiger charge is 2.07. The predicted octanol–water partition coefficient (Wildman–Crippen LogP) is 2.90. The maximum absolute atomic E-state index is 3.51. The van der Waals surface area contributed by atoms with E-state index in [2.05, 4.69) is 68.4 Å². The normalized spacial score (nSPS) is 12.1. The summed E-state index contributed by atoms with van der Waals surface area (Å²) in [6.07, 6.45) is 1.20. The molecule has 0 bridgehead atoms. The average Bonchev–Trinajstić information content (AvgIpc) is 2.25. The van der Waals surface area contributed by atoms with E-state index in [1.54, 1.807) is 0 Å². The number of nitrogens with zero attached hydrogens (tertiary/aromatic N) is 1. The van der Waals surface area contributed by atoms with Gasteiger partial charge in [-0.25, -0.2) is 0 Å². The number of nitrogens with one attached hydrogen (secondary N) is 1. The molecular formula is C15H26N2. The average molecular weight is 234 g/mol. The van der Waals surface area contributed by atoms with Gasteiger partial charge in [-0.05, 0) is 52.9 Å². The third-order valence-electron chi connectivity index (χ3n) is 2.67. The van der Waals surface area contributed by atoms with Crippen LogP contribution >= 0.6 is 0 Å². The van der Waals surface area contributed by atoms with Gasteiger partial charge in [0.05, 0.1) is 0 Å². The Kier molecular flexibility index (Phi) is 5.66. The molecule has 0 aliphatic carbocycles. The van der Waals surface area contributed by atoms with Crippen molar-refractivity contribution in [3.8, 4) is 0 Å². The van der Waals surface area contributed by atoms with E-state index in [1.807, 2.05) is 0 Å². The van der Waals surface area contributed by atoms with Gasteiger partial charge in [0, 0.05) is 12.1 Å². The van der Waals surface area contributed by atoms with Crippen molar-refractivity contribution in [2.45, 2.75) is 39.3 Å². The van der Waals surface area contributed by atoms with Crippen LogP contribution in [0.2, 0.25) is 0 Å². The van der Waals surface area contributed by atoms with Crippen LogP contribution in [0.1, 0.15) is 32.8 Å². The molecule has 1 aromatic carbocycles. The summed E-state index contributed by atoms with van der Waals surface area (Å²) in [5.41, 5.74) is 1.62. The monoisotopic (exact) mass is 234 g/mol. The molecule has 0 saturated carbocycles. The first-order chi connectivity index (χ1) is 7.97. The van der Waals surface area contributed by atoms with Crippen LogP contribution < -0.4 is 5.32 Å². The highest BCUT2D eigenvalue weighted by atomic mass is 15.1. The van der Waals surface area contributed by atoms with E-state index in [9.17, 15) is 0 Å². The second kappa shape index (κ2) is 6.77. The van der Waals surface area contributed by atoms with Crippen LogP contribution in [0.15, 0.2) is 30.3 Å². The quantitative estimate of drug-likeness (QED) is 0.761. The summed E-state index contributed by atoms with van der Waals surface area (Å²) in [6.45, 7) is 9.89.